The normalized spacial score (nSPS) is 18.9. The van der Waals surface area contributed by atoms with Crippen LogP contribution in [0.25, 0.3) is 4.91 Å². The highest BCUT2D eigenvalue weighted by atomic mass is 32.2. The number of hydrogen-bond donors (Lipinski definition) is 3. The van der Waals surface area contributed by atoms with Gasteiger partial charge in [-0.1, -0.05) is 36.4 Å². The van der Waals surface area contributed by atoms with Crippen LogP contribution in [0.4, 0.5) is 0 Å². The van der Waals surface area contributed by atoms with Crippen LogP contribution in [0.2, 0.25) is 0 Å². The quantitative estimate of drug-likeness (QED) is 0.712. The van der Waals surface area contributed by atoms with Crippen molar-refractivity contribution in [1.29, 1.82) is 0 Å². The Morgan fingerprint density at radius 2 is 2.25 bits per heavy atom. The van der Waals surface area contributed by atoms with Gasteiger partial charge in [0, 0.05) is 17.4 Å². The van der Waals surface area contributed by atoms with Crippen molar-refractivity contribution in [1.82, 2.24) is 5.32 Å². The summed E-state index contributed by atoms with van der Waals surface area (Å²) < 4.78 is 5.50. The van der Waals surface area contributed by atoms with Crippen molar-refractivity contribution in [3.05, 3.63) is 46.0 Å². The van der Waals surface area contributed by atoms with Crippen LogP contribution in [0.3, 0.4) is 0 Å². The highest BCUT2D eigenvalue weighted by molar-refractivity contribution is 8.11. The lowest BCUT2D eigenvalue weighted by atomic mass is 9.84. The Kier molecular flexibility index (Phi) is 6.10. The molecular formula is C18H24N2O3S. The third-order valence-electron chi connectivity index (χ3n) is 4.04. The minimum Gasteiger partial charge on any atom is -0.496 e. The fourth-order valence-corrected chi connectivity index (χ4v) is 4.04. The molecule has 0 saturated carbocycles. The van der Waals surface area contributed by atoms with Crippen molar-refractivity contribution in [3.63, 3.8) is 0 Å². The maximum absolute atomic E-state index is 11.4. The number of thioether (sulfide) groups is 1. The van der Waals surface area contributed by atoms with Gasteiger partial charge in [0.1, 0.15) is 12.0 Å². The molecule has 4 N–H and O–H groups in total. The van der Waals surface area contributed by atoms with E-state index >= 15 is 0 Å². The number of amides is 1. The molecule has 130 valence electrons. The molecule has 0 fully saturated rings. The molecule has 1 amide bonds. The van der Waals surface area contributed by atoms with Gasteiger partial charge in [0.05, 0.1) is 12.1 Å². The number of hydrogen-bond acceptors (Lipinski definition) is 5. The largest absolute Gasteiger partial charge is 0.496 e. The molecule has 2 unspecified atom stereocenters. The lowest BCUT2D eigenvalue weighted by molar-refractivity contribution is -0.118. The number of ether oxygens (including phenoxy) is 1. The first-order chi connectivity index (χ1) is 11.3. The first-order valence-corrected chi connectivity index (χ1v) is 8.63. The van der Waals surface area contributed by atoms with Crippen molar-refractivity contribution >= 4 is 22.6 Å². The van der Waals surface area contributed by atoms with E-state index in [-0.39, 0.29) is 5.91 Å². The molecular weight excluding hydrogens is 324 g/mol. The monoisotopic (exact) mass is 348 g/mol. The minimum atomic E-state index is -1.13. The van der Waals surface area contributed by atoms with Crippen LogP contribution >= 0.6 is 11.8 Å². The van der Waals surface area contributed by atoms with Gasteiger partial charge in [-0.2, -0.15) is 0 Å². The average molecular weight is 348 g/mol. The molecule has 24 heavy (non-hydrogen) atoms. The van der Waals surface area contributed by atoms with Gasteiger partial charge in [0.25, 0.3) is 0 Å². The van der Waals surface area contributed by atoms with Crippen LogP contribution in [0.1, 0.15) is 31.9 Å². The maximum atomic E-state index is 11.4. The second kappa shape index (κ2) is 7.88. The molecule has 5 nitrogen and oxygen atoms in total. The molecule has 0 aliphatic heterocycles. The van der Waals surface area contributed by atoms with Crippen molar-refractivity contribution < 1.29 is 14.6 Å². The predicted molar refractivity (Wildman–Crippen MR) is 98.1 cm³/mol. The van der Waals surface area contributed by atoms with Gasteiger partial charge in [0.2, 0.25) is 5.91 Å². The Hall–Kier alpha value is -1.76. The van der Waals surface area contributed by atoms with E-state index in [2.05, 4.69) is 25.2 Å². The maximum Gasteiger partial charge on any atom is 0.221 e. The topological polar surface area (TPSA) is 84.6 Å². The molecule has 1 aromatic rings. The first-order valence-electron chi connectivity index (χ1n) is 7.81. The molecule has 6 heteroatoms. The summed E-state index contributed by atoms with van der Waals surface area (Å²) in [5, 5.41) is 12.7. The first kappa shape index (κ1) is 18.6. The zero-order chi connectivity index (χ0) is 17.9. The molecule has 0 spiro atoms. The second-order valence-corrected chi connectivity index (χ2v) is 6.96. The smallest absolute Gasteiger partial charge is 0.221 e. The van der Waals surface area contributed by atoms with Gasteiger partial charge in [0.15, 0.2) is 0 Å². The summed E-state index contributed by atoms with van der Waals surface area (Å²) in [5.74, 6) is 1.02. The number of fused-ring (bicyclic) bond motifs is 1. The van der Waals surface area contributed by atoms with Gasteiger partial charge in [-0.05, 0) is 37.0 Å². The number of benzene rings is 1. The van der Waals surface area contributed by atoms with Crippen LogP contribution in [0.5, 0.6) is 5.75 Å². The van der Waals surface area contributed by atoms with Crippen molar-refractivity contribution in [2.45, 2.75) is 33.4 Å². The summed E-state index contributed by atoms with van der Waals surface area (Å²) in [4.78, 5) is 12.5. The SMILES string of the molecule is COc1cccc2c1CC(C)C(C)=C2S/C(=C/C(N)O)NC(C)=O. The van der Waals surface area contributed by atoms with Crippen LogP contribution in [-0.2, 0) is 11.2 Å². The number of carbonyl (C=O) groups excluding carboxylic acids is 1. The number of aliphatic hydroxyl groups is 1. The van der Waals surface area contributed by atoms with Gasteiger partial charge in [-0.15, -0.1) is 0 Å². The van der Waals surface area contributed by atoms with Crippen molar-refractivity contribution in [2.24, 2.45) is 11.7 Å². The van der Waals surface area contributed by atoms with Gasteiger partial charge >= 0.3 is 0 Å². The number of carbonyl (C=O) groups is 1. The summed E-state index contributed by atoms with van der Waals surface area (Å²) in [5.41, 5.74) is 8.95. The van der Waals surface area contributed by atoms with Crippen molar-refractivity contribution in [2.75, 3.05) is 7.11 Å². The highest BCUT2D eigenvalue weighted by Crippen LogP contribution is 2.45. The second-order valence-electron chi connectivity index (χ2n) is 5.91. The fourth-order valence-electron chi connectivity index (χ4n) is 2.75. The summed E-state index contributed by atoms with van der Waals surface area (Å²) >= 11 is 1.41. The predicted octanol–water partition coefficient (Wildman–Crippen LogP) is 2.61. The molecule has 1 aromatic carbocycles. The van der Waals surface area contributed by atoms with E-state index in [4.69, 9.17) is 10.5 Å². The van der Waals surface area contributed by atoms with E-state index in [0.29, 0.717) is 10.9 Å². The van der Waals surface area contributed by atoms with Crippen LogP contribution < -0.4 is 15.8 Å². The number of allylic oxidation sites excluding steroid dienone is 1. The van der Waals surface area contributed by atoms with Crippen LogP contribution in [-0.4, -0.2) is 24.4 Å². The Balaban J connectivity index is 2.47. The number of nitrogens with one attached hydrogen (secondary N) is 1. The Bertz CT molecular complexity index is 696. The Morgan fingerprint density at radius 1 is 1.54 bits per heavy atom. The Morgan fingerprint density at radius 3 is 2.83 bits per heavy atom. The molecule has 0 bridgehead atoms. The lowest BCUT2D eigenvalue weighted by Crippen LogP contribution is -2.23. The molecule has 0 aromatic heterocycles. The molecule has 2 rings (SSSR count). The standard InChI is InChI=1S/C18H24N2O3S/c1-10-8-14-13(6-5-7-15(14)23-4)18(11(10)2)24-17(9-16(19)22)20-12(3)21/h5-7,9-10,16,22H,8,19H2,1-4H3,(H,20,21)/b17-9+. The summed E-state index contributed by atoms with van der Waals surface area (Å²) in [6.45, 7) is 5.70. The fraction of sp³-hybridized carbons (Fsp3) is 0.389. The zero-order valence-corrected chi connectivity index (χ0v) is 15.2. The van der Waals surface area contributed by atoms with E-state index in [0.717, 1.165) is 28.2 Å². The highest BCUT2D eigenvalue weighted by Gasteiger charge is 2.25. The minimum absolute atomic E-state index is 0.206. The van der Waals surface area contributed by atoms with Gasteiger partial charge < -0.3 is 20.9 Å². The van der Waals surface area contributed by atoms with E-state index in [1.54, 1.807) is 7.11 Å². The Labute approximate surface area is 147 Å². The summed E-state index contributed by atoms with van der Waals surface area (Å²) in [6, 6.07) is 5.98. The van der Waals surface area contributed by atoms with Crippen LogP contribution in [0.15, 0.2) is 34.9 Å². The molecule has 0 radical (unpaired) electrons. The average Bonchev–Trinajstić information content (AvgIpc) is 2.50. The molecule has 1 aliphatic carbocycles. The number of nitrogens with two attached hydrogens (primary N) is 1. The van der Waals surface area contributed by atoms with E-state index < -0.39 is 6.23 Å². The molecule has 0 heterocycles. The molecule has 1 aliphatic rings. The zero-order valence-electron chi connectivity index (χ0n) is 14.4. The third-order valence-corrected chi connectivity index (χ3v) is 5.24. The van der Waals surface area contributed by atoms with E-state index in [1.807, 2.05) is 12.1 Å². The molecule has 0 saturated heterocycles. The van der Waals surface area contributed by atoms with Crippen molar-refractivity contribution in [3.8, 4) is 5.75 Å². The number of rotatable bonds is 5. The van der Waals surface area contributed by atoms with Crippen LogP contribution in [0, 0.1) is 5.92 Å². The van der Waals surface area contributed by atoms with Gasteiger partial charge in [-0.3, -0.25) is 4.79 Å². The number of methoxy groups -OCH3 is 1. The van der Waals surface area contributed by atoms with E-state index in [9.17, 15) is 9.90 Å². The van der Waals surface area contributed by atoms with Gasteiger partial charge in [-0.25, -0.2) is 0 Å². The third kappa shape index (κ3) is 4.20. The number of aliphatic hydroxyl groups excluding tert-OH is 1. The van der Waals surface area contributed by atoms with E-state index in [1.165, 1.54) is 30.3 Å². The molecule has 2 atom stereocenters. The lowest BCUT2D eigenvalue weighted by Gasteiger charge is -2.28. The summed E-state index contributed by atoms with van der Waals surface area (Å²) in [6.07, 6.45) is 1.21. The summed E-state index contributed by atoms with van der Waals surface area (Å²) in [7, 11) is 1.67.